The van der Waals surface area contributed by atoms with Gasteiger partial charge in [0.15, 0.2) is 22.6 Å². The van der Waals surface area contributed by atoms with Crippen LogP contribution in [0.1, 0.15) is 57.6 Å². The van der Waals surface area contributed by atoms with E-state index in [1.807, 2.05) is 0 Å². The average Bonchev–Trinajstić information content (AvgIpc) is 3.38. The topological polar surface area (TPSA) is 135 Å². The van der Waals surface area contributed by atoms with Crippen LogP contribution in [0.2, 0.25) is 0 Å². The van der Waals surface area contributed by atoms with Crippen molar-refractivity contribution in [2.45, 2.75) is 69.3 Å². The van der Waals surface area contributed by atoms with Crippen LogP contribution in [0.25, 0.3) is 11.2 Å². The van der Waals surface area contributed by atoms with E-state index in [2.05, 4.69) is 20.9 Å². The second-order valence-electron chi connectivity index (χ2n) is 11.1. The van der Waals surface area contributed by atoms with Gasteiger partial charge in [-0.15, -0.1) is 6.42 Å². The van der Waals surface area contributed by atoms with Crippen molar-refractivity contribution in [3.05, 3.63) is 12.4 Å². The van der Waals surface area contributed by atoms with Crippen molar-refractivity contribution in [3.8, 4) is 12.3 Å². The fourth-order valence-electron chi connectivity index (χ4n) is 7.50. The Hall–Kier alpha value is -2.97. The van der Waals surface area contributed by atoms with Gasteiger partial charge in [-0.2, -0.15) is 14.4 Å². The smallest absolute Gasteiger partial charge is 0.434 e. The Balaban J connectivity index is 1.06. The highest BCUT2D eigenvalue weighted by Gasteiger charge is 2.51. The number of hydrogen-bond donors (Lipinski definition) is 2. The van der Waals surface area contributed by atoms with Crippen molar-refractivity contribution >= 4 is 23.1 Å². The molecule has 7 rings (SSSR count). The summed E-state index contributed by atoms with van der Waals surface area (Å²) in [4.78, 5) is 23.7. The van der Waals surface area contributed by atoms with Crippen molar-refractivity contribution < 1.29 is 28.5 Å². The van der Waals surface area contributed by atoms with Gasteiger partial charge in [0.1, 0.15) is 18.9 Å². The number of rotatable bonds is 6. The number of hydrogen-bond acceptors (Lipinski definition) is 9. The van der Waals surface area contributed by atoms with Crippen LogP contribution in [-0.4, -0.2) is 55.7 Å². The van der Waals surface area contributed by atoms with Crippen molar-refractivity contribution in [2.24, 2.45) is 23.2 Å². The summed E-state index contributed by atoms with van der Waals surface area (Å²) in [5.74, 6) is 4.81. The second kappa shape index (κ2) is 8.56. The molecule has 1 saturated heterocycles. The molecule has 192 valence electrons. The van der Waals surface area contributed by atoms with Crippen LogP contribution in [-0.2, 0) is 14.2 Å². The normalized spacial score (nSPS) is 36.8. The first-order valence-corrected chi connectivity index (χ1v) is 12.6. The van der Waals surface area contributed by atoms with Gasteiger partial charge in [0.05, 0.1) is 12.9 Å². The first-order valence-electron chi connectivity index (χ1n) is 12.6. The summed E-state index contributed by atoms with van der Waals surface area (Å²) in [6, 6.07) is 0. The number of aromatic nitrogens is 4. The van der Waals surface area contributed by atoms with Crippen LogP contribution in [0.3, 0.4) is 0 Å². The molecule has 11 heteroatoms. The van der Waals surface area contributed by atoms with Gasteiger partial charge in [-0.1, -0.05) is 5.92 Å². The molecule has 4 saturated carbocycles. The fraction of sp³-hybridized carbons (Fsp3) is 0.680. The van der Waals surface area contributed by atoms with Crippen LogP contribution < -0.4 is 5.73 Å². The molecule has 5 aliphatic rings. The van der Waals surface area contributed by atoms with Gasteiger partial charge in [-0.3, -0.25) is 4.57 Å². The predicted octanol–water partition coefficient (Wildman–Crippen LogP) is 2.96. The molecular weight excluding hydrogens is 469 g/mol. The molecule has 3 heterocycles. The minimum atomic E-state index is -1.60. The number of anilines is 1. The third-order valence-electron chi connectivity index (χ3n) is 8.71. The SMILES string of the molecule is C#C[C@]1(COC(=O)OCCC23CC4CC(CC(C4)C2)C3)O[C@@H](n2cnc3c(N)nc(F)nc32)C[C@@H]1O. The van der Waals surface area contributed by atoms with Gasteiger partial charge in [0.2, 0.25) is 0 Å². The van der Waals surface area contributed by atoms with Gasteiger partial charge in [-0.25, -0.2) is 9.78 Å². The molecule has 0 unspecified atom stereocenters. The number of nitrogen functional groups attached to an aromatic ring is 1. The second-order valence-corrected chi connectivity index (χ2v) is 11.1. The van der Waals surface area contributed by atoms with E-state index in [1.54, 1.807) is 0 Å². The Labute approximate surface area is 207 Å². The Kier molecular flexibility index (Phi) is 5.57. The number of fused-ring (bicyclic) bond motifs is 1. The number of ether oxygens (including phenoxy) is 3. The Morgan fingerprint density at radius 1 is 1.22 bits per heavy atom. The molecule has 3 N–H and O–H groups in total. The van der Waals surface area contributed by atoms with Crippen LogP contribution >= 0.6 is 0 Å². The first-order chi connectivity index (χ1) is 17.3. The Morgan fingerprint density at radius 3 is 2.58 bits per heavy atom. The third-order valence-corrected chi connectivity index (χ3v) is 8.71. The standard InChI is InChI=1S/C25H30FN5O5/c1-2-25(17(32)8-18(36-25)31-13-28-19-20(27)29-22(26)30-21(19)31)12-35-23(33)34-4-3-24-9-14-5-15(10-24)7-16(6-14)11-24/h1,13-18,32H,3-12H2,(H2,27,29,30)/t14?,15?,16?,17-,18+,24?,25+/m0/s1. The molecule has 4 bridgehead atoms. The van der Waals surface area contributed by atoms with E-state index in [0.717, 1.165) is 24.2 Å². The lowest BCUT2D eigenvalue weighted by atomic mass is 9.49. The maximum absolute atomic E-state index is 13.7. The van der Waals surface area contributed by atoms with Crippen LogP contribution in [0.5, 0.6) is 0 Å². The highest BCUT2D eigenvalue weighted by atomic mass is 19.1. The monoisotopic (exact) mass is 499 g/mol. The maximum atomic E-state index is 13.7. The predicted molar refractivity (Wildman–Crippen MR) is 125 cm³/mol. The molecule has 0 spiro atoms. The van der Waals surface area contributed by atoms with E-state index in [4.69, 9.17) is 26.4 Å². The largest absolute Gasteiger partial charge is 0.508 e. The van der Waals surface area contributed by atoms with Crippen LogP contribution in [0, 0.1) is 41.6 Å². The van der Waals surface area contributed by atoms with E-state index in [9.17, 15) is 14.3 Å². The van der Waals surface area contributed by atoms with Gasteiger partial charge >= 0.3 is 12.2 Å². The third kappa shape index (κ3) is 3.96. The van der Waals surface area contributed by atoms with Gasteiger partial charge in [-0.05, 0) is 68.1 Å². The lowest BCUT2D eigenvalue weighted by Crippen LogP contribution is -2.46. The molecule has 0 aromatic carbocycles. The minimum Gasteiger partial charge on any atom is -0.434 e. The average molecular weight is 500 g/mol. The number of aliphatic hydroxyl groups is 1. The Bertz CT molecular complexity index is 1190. The molecule has 10 nitrogen and oxygen atoms in total. The summed E-state index contributed by atoms with van der Waals surface area (Å²) in [6.45, 7) is -0.0940. The molecule has 0 radical (unpaired) electrons. The minimum absolute atomic E-state index is 0.0472. The number of aliphatic hydroxyl groups excluding tert-OH is 1. The summed E-state index contributed by atoms with van der Waals surface area (Å²) in [7, 11) is 0. The lowest BCUT2D eigenvalue weighted by molar-refractivity contribution is -0.100. The van der Waals surface area contributed by atoms with Crippen LogP contribution in [0.4, 0.5) is 15.0 Å². The molecule has 2 aromatic rings. The van der Waals surface area contributed by atoms with E-state index in [0.29, 0.717) is 12.0 Å². The summed E-state index contributed by atoms with van der Waals surface area (Å²) >= 11 is 0. The van der Waals surface area contributed by atoms with Crippen molar-refractivity contribution in [1.82, 2.24) is 19.5 Å². The summed E-state index contributed by atoms with van der Waals surface area (Å²) in [6.07, 6.45) is 11.9. The summed E-state index contributed by atoms with van der Waals surface area (Å²) in [5, 5.41) is 10.7. The number of carbonyl (C=O) groups excluding carboxylic acids is 1. The number of nitrogens with two attached hydrogens (primary N) is 1. The number of terminal acetylenes is 1. The molecule has 3 atom stereocenters. The number of carbonyl (C=O) groups is 1. The summed E-state index contributed by atoms with van der Waals surface area (Å²) < 4.78 is 31.8. The molecular formula is C25H30FN5O5. The fourth-order valence-corrected chi connectivity index (χ4v) is 7.50. The lowest BCUT2D eigenvalue weighted by Gasteiger charge is -2.57. The van der Waals surface area contributed by atoms with Crippen molar-refractivity contribution in [1.29, 1.82) is 0 Å². The molecule has 4 aliphatic carbocycles. The maximum Gasteiger partial charge on any atom is 0.508 e. The highest BCUT2D eigenvalue weighted by Crippen LogP contribution is 2.61. The van der Waals surface area contributed by atoms with Crippen molar-refractivity contribution in [2.75, 3.05) is 18.9 Å². The molecule has 2 aromatic heterocycles. The van der Waals surface area contributed by atoms with Crippen molar-refractivity contribution in [3.63, 3.8) is 0 Å². The molecule has 0 amide bonds. The molecule has 36 heavy (non-hydrogen) atoms. The van der Waals surface area contributed by atoms with Gasteiger partial charge in [0, 0.05) is 6.42 Å². The van der Waals surface area contributed by atoms with E-state index < -0.39 is 36.8 Å². The van der Waals surface area contributed by atoms with E-state index in [-0.39, 0.29) is 23.4 Å². The zero-order valence-corrected chi connectivity index (χ0v) is 19.9. The molecule has 5 fully saturated rings. The summed E-state index contributed by atoms with van der Waals surface area (Å²) in [5.41, 5.74) is 4.73. The van der Waals surface area contributed by atoms with Crippen LogP contribution in [0.15, 0.2) is 6.33 Å². The van der Waals surface area contributed by atoms with Gasteiger partial charge in [0.25, 0.3) is 0 Å². The first kappa shape index (κ1) is 23.4. The highest BCUT2D eigenvalue weighted by molar-refractivity contribution is 5.81. The zero-order valence-electron chi connectivity index (χ0n) is 19.9. The van der Waals surface area contributed by atoms with E-state index in [1.165, 1.54) is 49.4 Å². The van der Waals surface area contributed by atoms with E-state index >= 15 is 0 Å². The quantitative estimate of drug-likeness (QED) is 0.349. The number of nitrogens with zero attached hydrogens (tertiary/aromatic N) is 4. The molecule has 1 aliphatic heterocycles. The number of halogens is 1. The zero-order chi connectivity index (χ0) is 25.1. The number of imidazole rings is 1. The van der Waals surface area contributed by atoms with Gasteiger partial charge < -0.3 is 25.1 Å². The Morgan fingerprint density at radius 2 is 1.92 bits per heavy atom.